The lowest BCUT2D eigenvalue weighted by Crippen LogP contribution is -2.44. The highest BCUT2D eigenvalue weighted by molar-refractivity contribution is 5.43. The normalized spacial score (nSPS) is 16.7. The standard InChI is InChI=1S/C17H30N4/c1-5-16-10-15(13-18-12-14(2)3)11-17(19-16)21-8-6-20(4)7-9-21/h10-11,14,18H,5-9,12-13H2,1-4H3. The van der Waals surface area contributed by atoms with Crippen LogP contribution in [0.4, 0.5) is 5.82 Å². The molecule has 4 heteroatoms. The first kappa shape index (κ1) is 16.2. The van der Waals surface area contributed by atoms with Crippen molar-refractivity contribution in [2.45, 2.75) is 33.7 Å². The van der Waals surface area contributed by atoms with Crippen LogP contribution in [-0.4, -0.2) is 49.7 Å². The zero-order valence-corrected chi connectivity index (χ0v) is 14.0. The molecule has 0 amide bonds. The van der Waals surface area contributed by atoms with Crippen LogP contribution in [0, 0.1) is 5.92 Å². The fraction of sp³-hybridized carbons (Fsp3) is 0.706. The van der Waals surface area contributed by atoms with Crippen molar-refractivity contribution in [1.29, 1.82) is 0 Å². The van der Waals surface area contributed by atoms with Gasteiger partial charge in [0.1, 0.15) is 5.82 Å². The number of hydrogen-bond donors (Lipinski definition) is 1. The highest BCUT2D eigenvalue weighted by Gasteiger charge is 2.16. The number of likely N-dealkylation sites (N-methyl/N-ethyl adjacent to an activating group) is 1. The summed E-state index contributed by atoms with van der Waals surface area (Å²) in [5.74, 6) is 1.85. The molecule has 118 valence electrons. The van der Waals surface area contributed by atoms with Gasteiger partial charge in [-0.3, -0.25) is 0 Å². The number of pyridine rings is 1. The van der Waals surface area contributed by atoms with Gasteiger partial charge in [-0.05, 0) is 43.6 Å². The highest BCUT2D eigenvalue weighted by Crippen LogP contribution is 2.17. The molecule has 0 atom stereocenters. The quantitative estimate of drug-likeness (QED) is 0.870. The summed E-state index contributed by atoms with van der Waals surface area (Å²) in [6.07, 6.45) is 0.999. The van der Waals surface area contributed by atoms with E-state index in [2.05, 4.69) is 55.1 Å². The van der Waals surface area contributed by atoms with E-state index in [0.717, 1.165) is 51.5 Å². The molecule has 0 spiro atoms. The van der Waals surface area contributed by atoms with Gasteiger partial charge in [-0.2, -0.15) is 0 Å². The summed E-state index contributed by atoms with van der Waals surface area (Å²) >= 11 is 0. The summed E-state index contributed by atoms with van der Waals surface area (Å²) in [5, 5.41) is 3.54. The molecule has 0 bridgehead atoms. The lowest BCUT2D eigenvalue weighted by atomic mass is 10.1. The molecule has 0 aromatic carbocycles. The molecule has 1 aromatic rings. The predicted octanol–water partition coefficient (Wildman–Crippen LogP) is 2.14. The monoisotopic (exact) mass is 290 g/mol. The molecular formula is C17H30N4. The Morgan fingerprint density at radius 2 is 1.90 bits per heavy atom. The number of nitrogens with one attached hydrogen (secondary N) is 1. The van der Waals surface area contributed by atoms with Crippen LogP contribution in [0.2, 0.25) is 0 Å². The Balaban J connectivity index is 2.06. The van der Waals surface area contributed by atoms with E-state index in [1.807, 2.05) is 0 Å². The molecule has 0 unspecified atom stereocenters. The summed E-state index contributed by atoms with van der Waals surface area (Å²) in [4.78, 5) is 9.63. The third kappa shape index (κ3) is 4.97. The molecule has 0 saturated carbocycles. The number of aryl methyl sites for hydroxylation is 1. The molecule has 1 fully saturated rings. The van der Waals surface area contributed by atoms with Gasteiger partial charge >= 0.3 is 0 Å². The van der Waals surface area contributed by atoms with E-state index in [0.29, 0.717) is 5.92 Å². The fourth-order valence-electron chi connectivity index (χ4n) is 2.62. The Labute approximate surface area is 129 Å². The zero-order valence-electron chi connectivity index (χ0n) is 14.0. The molecule has 21 heavy (non-hydrogen) atoms. The number of rotatable bonds is 6. The molecule has 1 aliphatic rings. The van der Waals surface area contributed by atoms with Crippen molar-refractivity contribution in [2.24, 2.45) is 5.92 Å². The fourth-order valence-corrected chi connectivity index (χ4v) is 2.62. The van der Waals surface area contributed by atoms with Gasteiger partial charge in [-0.15, -0.1) is 0 Å². The van der Waals surface area contributed by atoms with E-state index in [-0.39, 0.29) is 0 Å². The average Bonchev–Trinajstić information content (AvgIpc) is 2.47. The lowest BCUT2D eigenvalue weighted by molar-refractivity contribution is 0.312. The Bertz CT molecular complexity index is 436. The maximum absolute atomic E-state index is 4.82. The highest BCUT2D eigenvalue weighted by atomic mass is 15.3. The first-order chi connectivity index (χ1) is 10.1. The van der Waals surface area contributed by atoms with Gasteiger partial charge in [0.15, 0.2) is 0 Å². The maximum Gasteiger partial charge on any atom is 0.129 e. The van der Waals surface area contributed by atoms with Gasteiger partial charge in [0, 0.05) is 38.4 Å². The average molecular weight is 290 g/mol. The molecule has 2 rings (SSSR count). The van der Waals surface area contributed by atoms with Crippen LogP contribution in [0.25, 0.3) is 0 Å². The van der Waals surface area contributed by atoms with Crippen LogP contribution in [-0.2, 0) is 13.0 Å². The number of hydrogen-bond acceptors (Lipinski definition) is 4. The van der Waals surface area contributed by atoms with Gasteiger partial charge in [0.05, 0.1) is 0 Å². The molecule has 1 aliphatic heterocycles. The Hall–Kier alpha value is -1.13. The lowest BCUT2D eigenvalue weighted by Gasteiger charge is -2.33. The summed E-state index contributed by atoms with van der Waals surface area (Å²) in [6.45, 7) is 13.1. The van der Waals surface area contributed by atoms with Gasteiger partial charge < -0.3 is 15.1 Å². The minimum atomic E-state index is 0.689. The third-order valence-corrected chi connectivity index (χ3v) is 4.00. The van der Waals surface area contributed by atoms with Gasteiger partial charge in [0.25, 0.3) is 0 Å². The molecule has 0 radical (unpaired) electrons. The number of aromatic nitrogens is 1. The molecular weight excluding hydrogens is 260 g/mol. The van der Waals surface area contributed by atoms with Gasteiger partial charge in [0.2, 0.25) is 0 Å². The van der Waals surface area contributed by atoms with E-state index >= 15 is 0 Å². The SMILES string of the molecule is CCc1cc(CNCC(C)C)cc(N2CCN(C)CC2)n1. The summed E-state index contributed by atoms with van der Waals surface area (Å²) in [6, 6.07) is 4.50. The van der Waals surface area contributed by atoms with Crippen molar-refractivity contribution >= 4 is 5.82 Å². The number of piperazine rings is 1. The van der Waals surface area contributed by atoms with Crippen LogP contribution < -0.4 is 10.2 Å². The molecule has 0 aliphatic carbocycles. The largest absolute Gasteiger partial charge is 0.354 e. The number of anilines is 1. The van der Waals surface area contributed by atoms with Crippen molar-refractivity contribution in [1.82, 2.24) is 15.2 Å². The van der Waals surface area contributed by atoms with Crippen molar-refractivity contribution in [3.05, 3.63) is 23.4 Å². The van der Waals surface area contributed by atoms with E-state index in [4.69, 9.17) is 4.98 Å². The summed E-state index contributed by atoms with van der Waals surface area (Å²) in [5.41, 5.74) is 2.56. The van der Waals surface area contributed by atoms with E-state index in [1.165, 1.54) is 11.3 Å². The van der Waals surface area contributed by atoms with Crippen molar-refractivity contribution in [3.8, 4) is 0 Å². The molecule has 4 nitrogen and oxygen atoms in total. The Kier molecular flexibility index (Phi) is 6.00. The van der Waals surface area contributed by atoms with E-state index < -0.39 is 0 Å². The van der Waals surface area contributed by atoms with Crippen molar-refractivity contribution in [3.63, 3.8) is 0 Å². The Morgan fingerprint density at radius 1 is 1.19 bits per heavy atom. The second-order valence-electron chi connectivity index (χ2n) is 6.49. The van der Waals surface area contributed by atoms with Crippen LogP contribution in [0.3, 0.4) is 0 Å². The van der Waals surface area contributed by atoms with Gasteiger partial charge in [-0.1, -0.05) is 20.8 Å². The smallest absolute Gasteiger partial charge is 0.129 e. The Morgan fingerprint density at radius 3 is 2.52 bits per heavy atom. The topological polar surface area (TPSA) is 31.4 Å². The first-order valence-electron chi connectivity index (χ1n) is 8.22. The summed E-state index contributed by atoms with van der Waals surface area (Å²) < 4.78 is 0. The molecule has 2 heterocycles. The van der Waals surface area contributed by atoms with Crippen molar-refractivity contribution in [2.75, 3.05) is 44.7 Å². The second-order valence-corrected chi connectivity index (χ2v) is 6.49. The second kappa shape index (κ2) is 7.76. The third-order valence-electron chi connectivity index (χ3n) is 4.00. The van der Waals surface area contributed by atoms with E-state index in [9.17, 15) is 0 Å². The minimum absolute atomic E-state index is 0.689. The number of nitrogens with zero attached hydrogens (tertiary/aromatic N) is 3. The first-order valence-corrected chi connectivity index (χ1v) is 8.22. The molecule has 1 N–H and O–H groups in total. The predicted molar refractivity (Wildman–Crippen MR) is 89.9 cm³/mol. The van der Waals surface area contributed by atoms with Crippen LogP contribution >= 0.6 is 0 Å². The minimum Gasteiger partial charge on any atom is -0.354 e. The van der Waals surface area contributed by atoms with Crippen LogP contribution in [0.5, 0.6) is 0 Å². The summed E-state index contributed by atoms with van der Waals surface area (Å²) in [7, 11) is 2.19. The van der Waals surface area contributed by atoms with Crippen molar-refractivity contribution < 1.29 is 0 Å². The van der Waals surface area contributed by atoms with E-state index in [1.54, 1.807) is 0 Å². The van der Waals surface area contributed by atoms with Gasteiger partial charge in [-0.25, -0.2) is 4.98 Å². The maximum atomic E-state index is 4.82. The van der Waals surface area contributed by atoms with Crippen LogP contribution in [0.15, 0.2) is 12.1 Å². The van der Waals surface area contributed by atoms with Crippen LogP contribution in [0.1, 0.15) is 32.0 Å². The molecule has 1 aromatic heterocycles. The molecule has 1 saturated heterocycles. The zero-order chi connectivity index (χ0) is 15.2.